The molecular weight excluding hydrogens is 532 g/mol. The number of allylic oxidation sites excluding steroid dienone is 2. The first-order chi connectivity index (χ1) is 21.2. The van der Waals surface area contributed by atoms with Crippen LogP contribution in [0.2, 0.25) is 0 Å². The third-order valence-electron chi connectivity index (χ3n) is 8.57. The summed E-state index contributed by atoms with van der Waals surface area (Å²) in [5, 5.41) is 9.54. The van der Waals surface area contributed by atoms with Crippen molar-refractivity contribution < 1.29 is 19.4 Å². The molecule has 0 saturated heterocycles. The fraction of sp³-hybridized carbons (Fsp3) is 0.923. The minimum absolute atomic E-state index is 0.170. The van der Waals surface area contributed by atoms with Gasteiger partial charge < -0.3 is 14.6 Å². The molecule has 0 aliphatic rings. The van der Waals surface area contributed by atoms with E-state index in [0.717, 1.165) is 19.3 Å². The maximum atomic E-state index is 12.1. The first-order valence-corrected chi connectivity index (χ1v) is 19.3. The molecule has 1 unspecified atom stereocenters. The monoisotopic (exact) mass is 609 g/mol. The predicted octanol–water partition coefficient (Wildman–Crippen LogP) is 12.2. The van der Waals surface area contributed by atoms with Crippen LogP contribution >= 0.6 is 0 Å². The molecule has 0 saturated carbocycles. The largest absolute Gasteiger partial charge is 0.457 e. The summed E-state index contributed by atoms with van der Waals surface area (Å²) in [6.07, 6.45) is 42.7. The first kappa shape index (κ1) is 42.1. The summed E-state index contributed by atoms with van der Waals surface area (Å²) in [6.45, 7) is 5.31. The van der Waals surface area contributed by atoms with E-state index in [1.165, 1.54) is 167 Å². The van der Waals surface area contributed by atoms with Gasteiger partial charge in [0.25, 0.3) is 0 Å². The summed E-state index contributed by atoms with van der Waals surface area (Å²) in [6, 6.07) is 0. The molecule has 0 aromatic carbocycles. The van der Waals surface area contributed by atoms with Gasteiger partial charge in [0.05, 0.1) is 13.2 Å². The van der Waals surface area contributed by atoms with E-state index in [9.17, 15) is 9.90 Å². The van der Waals surface area contributed by atoms with E-state index < -0.39 is 6.10 Å². The Labute approximate surface area is 269 Å². The second-order valence-corrected chi connectivity index (χ2v) is 13.0. The number of unbranched alkanes of at least 4 members (excludes halogenated alkanes) is 26. The Morgan fingerprint density at radius 1 is 0.535 bits per heavy atom. The van der Waals surface area contributed by atoms with Crippen LogP contribution in [0, 0.1) is 0 Å². The molecule has 43 heavy (non-hydrogen) atoms. The van der Waals surface area contributed by atoms with Crippen molar-refractivity contribution in [2.45, 2.75) is 213 Å². The second kappa shape index (κ2) is 37.3. The van der Waals surface area contributed by atoms with Crippen molar-refractivity contribution in [1.29, 1.82) is 0 Å². The Morgan fingerprint density at radius 2 is 0.953 bits per heavy atom. The lowest BCUT2D eigenvalue weighted by atomic mass is 10.0. The second-order valence-electron chi connectivity index (χ2n) is 13.0. The van der Waals surface area contributed by atoms with Gasteiger partial charge in [0.15, 0.2) is 0 Å². The van der Waals surface area contributed by atoms with Crippen molar-refractivity contribution in [3.8, 4) is 0 Å². The fourth-order valence-corrected chi connectivity index (χ4v) is 5.68. The van der Waals surface area contributed by atoms with Gasteiger partial charge in [0.1, 0.15) is 6.10 Å². The van der Waals surface area contributed by atoms with Gasteiger partial charge in [-0.2, -0.15) is 0 Å². The highest BCUT2D eigenvalue weighted by Gasteiger charge is 2.13. The average Bonchev–Trinajstić information content (AvgIpc) is 3.01. The molecule has 0 aromatic heterocycles. The number of rotatable bonds is 36. The van der Waals surface area contributed by atoms with Crippen molar-refractivity contribution in [2.24, 2.45) is 0 Å². The zero-order valence-corrected chi connectivity index (χ0v) is 29.2. The molecule has 1 N–H and O–H groups in total. The van der Waals surface area contributed by atoms with Crippen molar-refractivity contribution in [3.05, 3.63) is 12.2 Å². The number of hydrogen-bond donors (Lipinski definition) is 1. The van der Waals surface area contributed by atoms with Crippen molar-refractivity contribution in [1.82, 2.24) is 0 Å². The highest BCUT2D eigenvalue weighted by Crippen LogP contribution is 2.15. The number of aliphatic hydroxyl groups excluding tert-OH is 1. The molecule has 0 amide bonds. The average molecular weight is 609 g/mol. The molecule has 256 valence electrons. The Kier molecular flexibility index (Phi) is 36.6. The van der Waals surface area contributed by atoms with E-state index >= 15 is 0 Å². The molecule has 0 heterocycles. The lowest BCUT2D eigenvalue weighted by molar-refractivity contribution is -0.154. The molecule has 0 aliphatic carbocycles. The molecule has 0 fully saturated rings. The number of ether oxygens (including phenoxy) is 2. The van der Waals surface area contributed by atoms with Gasteiger partial charge >= 0.3 is 5.97 Å². The molecule has 0 spiro atoms. The van der Waals surface area contributed by atoms with Gasteiger partial charge in [-0.1, -0.05) is 180 Å². The zero-order valence-electron chi connectivity index (χ0n) is 29.2. The van der Waals surface area contributed by atoms with Crippen LogP contribution < -0.4 is 0 Å². The quantitative estimate of drug-likeness (QED) is 0.0437. The molecule has 0 rings (SSSR count). The van der Waals surface area contributed by atoms with Crippen LogP contribution in [0.5, 0.6) is 0 Å². The van der Waals surface area contributed by atoms with Gasteiger partial charge in [-0.3, -0.25) is 4.79 Å². The van der Waals surface area contributed by atoms with E-state index in [4.69, 9.17) is 9.47 Å². The predicted molar refractivity (Wildman–Crippen MR) is 187 cm³/mol. The number of aliphatic hydroxyl groups is 1. The van der Waals surface area contributed by atoms with Crippen LogP contribution in [0.15, 0.2) is 12.2 Å². The lowest BCUT2D eigenvalue weighted by Crippen LogP contribution is -2.27. The van der Waals surface area contributed by atoms with Gasteiger partial charge in [-0.15, -0.1) is 0 Å². The maximum absolute atomic E-state index is 12.1. The lowest BCUT2D eigenvalue weighted by Gasteiger charge is -2.15. The smallest absolute Gasteiger partial charge is 0.306 e. The Morgan fingerprint density at radius 3 is 1.42 bits per heavy atom. The van der Waals surface area contributed by atoms with Gasteiger partial charge in [-0.25, -0.2) is 0 Å². The number of hydrogen-bond acceptors (Lipinski definition) is 4. The van der Waals surface area contributed by atoms with Crippen molar-refractivity contribution in [2.75, 3.05) is 19.8 Å². The van der Waals surface area contributed by atoms with Gasteiger partial charge in [-0.05, 0) is 32.1 Å². The highest BCUT2D eigenvalue weighted by molar-refractivity contribution is 5.69. The molecule has 4 heteroatoms. The zero-order chi connectivity index (χ0) is 31.3. The van der Waals surface area contributed by atoms with Crippen molar-refractivity contribution in [3.63, 3.8) is 0 Å². The van der Waals surface area contributed by atoms with Crippen LogP contribution in [0.4, 0.5) is 0 Å². The summed E-state index contributed by atoms with van der Waals surface area (Å²) < 4.78 is 11.1. The highest BCUT2D eigenvalue weighted by atomic mass is 16.6. The SMILES string of the molecule is CCC/C=C\CCCCCCCC(=O)OC(CO)COCCCCCCCCCCCCCCCCCCCCCCC. The molecule has 0 aromatic rings. The topological polar surface area (TPSA) is 55.8 Å². The Balaban J connectivity index is 3.34. The fourth-order valence-electron chi connectivity index (χ4n) is 5.68. The van der Waals surface area contributed by atoms with Gasteiger partial charge in [0.2, 0.25) is 0 Å². The molecule has 0 radical (unpaired) electrons. The van der Waals surface area contributed by atoms with E-state index in [1.54, 1.807) is 0 Å². The first-order valence-electron chi connectivity index (χ1n) is 19.3. The molecule has 0 aliphatic heterocycles. The van der Waals surface area contributed by atoms with Crippen molar-refractivity contribution >= 4 is 5.97 Å². The number of esters is 1. The Bertz CT molecular complexity index is 561. The maximum Gasteiger partial charge on any atom is 0.306 e. The minimum Gasteiger partial charge on any atom is -0.457 e. The van der Waals surface area contributed by atoms with E-state index in [1.807, 2.05) is 0 Å². The van der Waals surface area contributed by atoms with Crippen LogP contribution in [-0.4, -0.2) is 37.0 Å². The van der Waals surface area contributed by atoms with Crippen LogP contribution in [0.1, 0.15) is 206 Å². The van der Waals surface area contributed by atoms with Gasteiger partial charge in [0, 0.05) is 13.0 Å². The van der Waals surface area contributed by atoms with E-state index in [-0.39, 0.29) is 12.6 Å². The third-order valence-corrected chi connectivity index (χ3v) is 8.57. The normalized spacial score (nSPS) is 12.3. The molecule has 0 bridgehead atoms. The molecule has 1 atom stereocenters. The van der Waals surface area contributed by atoms with Crippen LogP contribution in [0.3, 0.4) is 0 Å². The number of carbonyl (C=O) groups is 1. The summed E-state index contributed by atoms with van der Waals surface area (Å²) >= 11 is 0. The van der Waals surface area contributed by atoms with E-state index in [0.29, 0.717) is 19.6 Å². The summed E-state index contributed by atoms with van der Waals surface area (Å²) in [5.74, 6) is -0.209. The summed E-state index contributed by atoms with van der Waals surface area (Å²) in [7, 11) is 0. The van der Waals surface area contributed by atoms with E-state index in [2.05, 4.69) is 26.0 Å². The van der Waals surface area contributed by atoms with Crippen LogP contribution in [-0.2, 0) is 14.3 Å². The Hall–Kier alpha value is -0.870. The standard InChI is InChI=1S/C39H76O4/c1-3-5-7-9-11-13-15-16-17-18-19-20-21-22-23-24-25-27-29-31-33-35-42-37-38(36-40)43-39(41)34-32-30-28-26-14-12-10-8-6-4-2/h8,10,38,40H,3-7,9,11-37H2,1-2H3/b10-8-. The molecular formula is C39H76O4. The van der Waals surface area contributed by atoms with Crippen LogP contribution in [0.25, 0.3) is 0 Å². The number of carbonyl (C=O) groups excluding carboxylic acids is 1. The minimum atomic E-state index is -0.530. The summed E-state index contributed by atoms with van der Waals surface area (Å²) in [5.41, 5.74) is 0. The third kappa shape index (κ3) is 35.5. The molecule has 4 nitrogen and oxygen atoms in total. The summed E-state index contributed by atoms with van der Waals surface area (Å²) in [4.78, 5) is 12.1.